The lowest BCUT2D eigenvalue weighted by atomic mass is 10.0. The van der Waals surface area contributed by atoms with Gasteiger partial charge in [-0.2, -0.15) is 0 Å². The number of halogens is 2. The summed E-state index contributed by atoms with van der Waals surface area (Å²) in [5, 5.41) is 5.78. The van der Waals surface area contributed by atoms with Crippen LogP contribution < -0.4 is 16.4 Å². The van der Waals surface area contributed by atoms with Crippen molar-refractivity contribution >= 4 is 45.2 Å². The zero-order valence-corrected chi connectivity index (χ0v) is 14.4. The smallest absolute Gasteiger partial charge is 0.312 e. The summed E-state index contributed by atoms with van der Waals surface area (Å²) in [5.74, 6) is -0.262. The molecule has 0 fully saturated rings. The van der Waals surface area contributed by atoms with Crippen molar-refractivity contribution in [3.8, 4) is 0 Å². The van der Waals surface area contributed by atoms with Crippen molar-refractivity contribution in [1.82, 2.24) is 5.32 Å². The number of nitrogens with one attached hydrogen (secondary N) is 2. The monoisotopic (exact) mass is 395 g/mol. The molecule has 23 heavy (non-hydrogen) atoms. The molecule has 5 nitrogen and oxygen atoms in total. The van der Waals surface area contributed by atoms with Gasteiger partial charge in [-0.1, -0.05) is 51.8 Å². The highest BCUT2D eigenvalue weighted by molar-refractivity contribution is 9.10. The highest BCUT2D eigenvalue weighted by Crippen LogP contribution is 2.25. The highest BCUT2D eigenvalue weighted by atomic mass is 79.9. The predicted molar refractivity (Wildman–Crippen MR) is 94.3 cm³/mol. The quantitative estimate of drug-likeness (QED) is 0.717. The molecular weight excluding hydrogens is 382 g/mol. The molecule has 0 spiro atoms. The van der Waals surface area contributed by atoms with Gasteiger partial charge in [0.25, 0.3) is 0 Å². The normalized spacial score (nSPS) is 11.6. The van der Waals surface area contributed by atoms with Gasteiger partial charge in [0.1, 0.15) is 0 Å². The molecule has 0 saturated heterocycles. The fourth-order valence-corrected chi connectivity index (χ4v) is 2.80. The first-order valence-electron chi connectivity index (χ1n) is 6.81. The number of urea groups is 1. The van der Waals surface area contributed by atoms with Gasteiger partial charge in [-0.05, 0) is 29.8 Å². The number of carbonyl (C=O) groups is 2. The molecule has 120 valence electrons. The van der Waals surface area contributed by atoms with Gasteiger partial charge < -0.3 is 16.4 Å². The molecule has 3 amide bonds. The van der Waals surface area contributed by atoms with Gasteiger partial charge in [-0.25, -0.2) is 4.79 Å². The van der Waals surface area contributed by atoms with E-state index in [1.807, 2.05) is 12.1 Å². The number of hydrogen-bond donors (Lipinski definition) is 3. The standard InChI is InChI=1S/C16H15BrClN3O2/c17-10-4-3-5-11(8-10)20-15(22)9-14(21-16(19)23)12-6-1-2-7-13(12)18/h1-8,14H,9H2,(H,20,22)(H3,19,21,23). The number of anilines is 1. The van der Waals surface area contributed by atoms with Crippen LogP contribution in [0.1, 0.15) is 18.0 Å². The molecule has 0 heterocycles. The van der Waals surface area contributed by atoms with Crippen molar-refractivity contribution in [2.24, 2.45) is 5.73 Å². The molecule has 4 N–H and O–H groups in total. The van der Waals surface area contributed by atoms with Gasteiger partial charge in [0.05, 0.1) is 12.5 Å². The minimum absolute atomic E-state index is 0.0131. The second-order valence-corrected chi connectivity index (χ2v) is 6.17. The molecule has 0 radical (unpaired) electrons. The fraction of sp³-hybridized carbons (Fsp3) is 0.125. The van der Waals surface area contributed by atoms with Crippen molar-refractivity contribution < 1.29 is 9.59 Å². The van der Waals surface area contributed by atoms with Crippen LogP contribution in [0.4, 0.5) is 10.5 Å². The maximum atomic E-state index is 12.2. The van der Waals surface area contributed by atoms with Gasteiger partial charge in [0, 0.05) is 15.2 Å². The van der Waals surface area contributed by atoms with Crippen LogP contribution >= 0.6 is 27.5 Å². The van der Waals surface area contributed by atoms with Crippen molar-refractivity contribution in [1.29, 1.82) is 0 Å². The van der Waals surface area contributed by atoms with Crippen LogP contribution in [-0.2, 0) is 4.79 Å². The molecule has 2 aromatic rings. The Morgan fingerprint density at radius 2 is 1.91 bits per heavy atom. The van der Waals surface area contributed by atoms with Crippen LogP contribution in [0.2, 0.25) is 5.02 Å². The van der Waals surface area contributed by atoms with E-state index in [1.165, 1.54) is 0 Å². The van der Waals surface area contributed by atoms with Crippen LogP contribution in [0.15, 0.2) is 53.0 Å². The van der Waals surface area contributed by atoms with E-state index in [9.17, 15) is 9.59 Å². The van der Waals surface area contributed by atoms with Crippen LogP contribution in [0.25, 0.3) is 0 Å². The lowest BCUT2D eigenvalue weighted by Gasteiger charge is -2.19. The molecule has 0 saturated carbocycles. The minimum Gasteiger partial charge on any atom is -0.352 e. The molecule has 1 atom stereocenters. The molecule has 0 aromatic heterocycles. The SMILES string of the molecule is NC(=O)NC(CC(=O)Nc1cccc(Br)c1)c1ccccc1Cl. The molecule has 0 aliphatic carbocycles. The summed E-state index contributed by atoms with van der Waals surface area (Å²) in [4.78, 5) is 23.4. The van der Waals surface area contributed by atoms with Gasteiger partial charge in [0.15, 0.2) is 0 Å². The average molecular weight is 397 g/mol. The van der Waals surface area contributed by atoms with Gasteiger partial charge in [0.2, 0.25) is 5.91 Å². The van der Waals surface area contributed by atoms with E-state index in [0.717, 1.165) is 4.47 Å². The van der Waals surface area contributed by atoms with E-state index in [-0.39, 0.29) is 12.3 Å². The second-order valence-electron chi connectivity index (χ2n) is 4.85. The fourth-order valence-electron chi connectivity index (χ4n) is 2.13. The summed E-state index contributed by atoms with van der Waals surface area (Å²) >= 11 is 9.48. The minimum atomic E-state index is -0.717. The van der Waals surface area contributed by atoms with E-state index in [2.05, 4.69) is 26.6 Å². The first-order valence-corrected chi connectivity index (χ1v) is 7.98. The molecule has 0 bridgehead atoms. The first-order chi connectivity index (χ1) is 11.0. The number of rotatable bonds is 5. The number of carbonyl (C=O) groups excluding carboxylic acids is 2. The van der Waals surface area contributed by atoms with E-state index in [4.69, 9.17) is 17.3 Å². The second kappa shape index (κ2) is 7.99. The summed E-state index contributed by atoms with van der Waals surface area (Å²) in [7, 11) is 0. The Bertz CT molecular complexity index is 724. The predicted octanol–water partition coefficient (Wildman–Crippen LogP) is 3.84. The largest absolute Gasteiger partial charge is 0.352 e. The number of primary amides is 1. The average Bonchev–Trinajstić information content (AvgIpc) is 2.46. The third kappa shape index (κ3) is 5.26. The zero-order chi connectivity index (χ0) is 16.8. The number of amides is 3. The van der Waals surface area contributed by atoms with E-state index >= 15 is 0 Å². The number of benzene rings is 2. The molecule has 0 aliphatic heterocycles. The van der Waals surface area contributed by atoms with Crippen molar-refractivity contribution in [3.05, 3.63) is 63.6 Å². The Balaban J connectivity index is 2.13. The van der Waals surface area contributed by atoms with E-state index in [1.54, 1.807) is 36.4 Å². The number of hydrogen-bond acceptors (Lipinski definition) is 2. The summed E-state index contributed by atoms with van der Waals surface area (Å²) < 4.78 is 0.855. The Hall–Kier alpha value is -2.05. The van der Waals surface area contributed by atoms with Crippen LogP contribution in [0, 0.1) is 0 Å². The first kappa shape index (κ1) is 17.3. The third-order valence-electron chi connectivity index (χ3n) is 3.10. The van der Waals surface area contributed by atoms with Crippen molar-refractivity contribution in [2.75, 3.05) is 5.32 Å². The number of nitrogens with two attached hydrogens (primary N) is 1. The van der Waals surface area contributed by atoms with Gasteiger partial charge >= 0.3 is 6.03 Å². The highest BCUT2D eigenvalue weighted by Gasteiger charge is 2.19. The summed E-state index contributed by atoms with van der Waals surface area (Å²) in [5.41, 5.74) is 6.49. The molecule has 0 aliphatic rings. The third-order valence-corrected chi connectivity index (χ3v) is 3.93. The summed E-state index contributed by atoms with van der Waals surface area (Å²) in [6.07, 6.45) is 0.0131. The summed E-state index contributed by atoms with van der Waals surface area (Å²) in [6, 6.07) is 12.9. The Morgan fingerprint density at radius 1 is 1.17 bits per heavy atom. The van der Waals surface area contributed by atoms with Gasteiger partial charge in [-0.3, -0.25) is 4.79 Å². The lowest BCUT2D eigenvalue weighted by Crippen LogP contribution is -2.35. The molecule has 2 aromatic carbocycles. The maximum absolute atomic E-state index is 12.2. The maximum Gasteiger partial charge on any atom is 0.312 e. The van der Waals surface area contributed by atoms with E-state index in [0.29, 0.717) is 16.3 Å². The van der Waals surface area contributed by atoms with Crippen LogP contribution in [-0.4, -0.2) is 11.9 Å². The van der Waals surface area contributed by atoms with Gasteiger partial charge in [-0.15, -0.1) is 0 Å². The lowest BCUT2D eigenvalue weighted by molar-refractivity contribution is -0.116. The molecule has 2 rings (SSSR count). The summed E-state index contributed by atoms with van der Waals surface area (Å²) in [6.45, 7) is 0. The van der Waals surface area contributed by atoms with E-state index < -0.39 is 12.1 Å². The van der Waals surface area contributed by atoms with Crippen molar-refractivity contribution in [3.63, 3.8) is 0 Å². The van der Waals surface area contributed by atoms with Crippen LogP contribution in [0.5, 0.6) is 0 Å². The molecular formula is C16H15BrClN3O2. The Morgan fingerprint density at radius 3 is 2.57 bits per heavy atom. The topological polar surface area (TPSA) is 84.2 Å². The Labute approximate surface area is 147 Å². The molecule has 7 heteroatoms. The van der Waals surface area contributed by atoms with Crippen molar-refractivity contribution in [2.45, 2.75) is 12.5 Å². The van der Waals surface area contributed by atoms with Crippen LogP contribution in [0.3, 0.4) is 0 Å². The molecule has 1 unspecified atom stereocenters. The zero-order valence-electron chi connectivity index (χ0n) is 12.1. The Kier molecular flexibility index (Phi) is 6.01.